The van der Waals surface area contributed by atoms with Crippen molar-refractivity contribution in [1.82, 2.24) is 0 Å². The third-order valence-electron chi connectivity index (χ3n) is 4.11. The number of nitrogens with zero attached hydrogens (tertiary/aromatic N) is 1. The maximum atomic E-state index is 12.9. The number of phenolic OH excluding ortho intramolecular Hbond substituents is 1. The highest BCUT2D eigenvalue weighted by atomic mass is 79.9. The number of phenols is 1. The van der Waals surface area contributed by atoms with E-state index in [-0.39, 0.29) is 11.7 Å². The van der Waals surface area contributed by atoms with Crippen molar-refractivity contribution in [3.63, 3.8) is 0 Å². The van der Waals surface area contributed by atoms with Crippen molar-refractivity contribution < 1.29 is 14.6 Å². The highest BCUT2D eigenvalue weighted by Crippen LogP contribution is 2.39. The molecule has 2 aromatic rings. The highest BCUT2D eigenvalue weighted by molar-refractivity contribution is 9.10. The number of amides is 1. The van der Waals surface area contributed by atoms with Gasteiger partial charge in [-0.15, -0.1) is 0 Å². The van der Waals surface area contributed by atoms with E-state index in [0.717, 1.165) is 22.4 Å². The smallest absolute Gasteiger partial charge is 0.270 e. The minimum absolute atomic E-state index is 0.0207. The second-order valence-electron chi connectivity index (χ2n) is 5.84. The first-order chi connectivity index (χ1) is 12.3. The molecule has 1 aliphatic heterocycles. The second kappa shape index (κ2) is 7.42. The van der Waals surface area contributed by atoms with Gasteiger partial charge in [0.15, 0.2) is 15.8 Å². The Hall–Kier alpha value is -1.83. The van der Waals surface area contributed by atoms with Gasteiger partial charge in [-0.05, 0) is 76.8 Å². The van der Waals surface area contributed by atoms with Gasteiger partial charge in [-0.25, -0.2) is 0 Å². The number of rotatable bonds is 3. The van der Waals surface area contributed by atoms with Crippen LogP contribution in [0.5, 0.6) is 11.5 Å². The molecular formula is C19H16BrNO3S2. The van der Waals surface area contributed by atoms with E-state index in [0.29, 0.717) is 19.4 Å². The first-order valence-electron chi connectivity index (χ1n) is 7.73. The summed E-state index contributed by atoms with van der Waals surface area (Å²) in [6.07, 6.45) is 1.74. The lowest BCUT2D eigenvalue weighted by Gasteiger charge is -2.16. The molecule has 0 saturated carbocycles. The third-order valence-corrected chi connectivity index (χ3v) is 6.02. The molecule has 7 heteroatoms. The summed E-state index contributed by atoms with van der Waals surface area (Å²) < 4.78 is 6.14. The molecule has 1 N–H and O–H groups in total. The van der Waals surface area contributed by atoms with Crippen molar-refractivity contribution in [2.45, 2.75) is 13.8 Å². The molecular weight excluding hydrogens is 434 g/mol. The van der Waals surface area contributed by atoms with Gasteiger partial charge in [0.25, 0.3) is 5.91 Å². The molecule has 1 saturated heterocycles. The molecule has 1 aliphatic rings. The SMILES string of the molecule is COc1cc(/C=C2/SC(=S)N(c3ccc(C)c(C)c3)C2=O)cc(Br)c1O. The maximum Gasteiger partial charge on any atom is 0.270 e. The van der Waals surface area contributed by atoms with Crippen molar-refractivity contribution in [3.8, 4) is 11.5 Å². The Bertz CT molecular complexity index is 956. The predicted octanol–water partition coefficient (Wildman–Crippen LogP) is 5.19. The van der Waals surface area contributed by atoms with Gasteiger partial charge < -0.3 is 9.84 Å². The molecule has 0 radical (unpaired) electrons. The summed E-state index contributed by atoms with van der Waals surface area (Å²) in [4.78, 5) is 14.9. The molecule has 26 heavy (non-hydrogen) atoms. The Balaban J connectivity index is 1.97. The number of ether oxygens (including phenoxy) is 1. The number of methoxy groups -OCH3 is 1. The largest absolute Gasteiger partial charge is 0.503 e. The number of thiocarbonyl (C=S) groups is 1. The monoisotopic (exact) mass is 449 g/mol. The quantitative estimate of drug-likeness (QED) is 0.516. The van der Waals surface area contributed by atoms with Crippen molar-refractivity contribution in [1.29, 1.82) is 0 Å². The number of hydrogen-bond donors (Lipinski definition) is 1. The van der Waals surface area contributed by atoms with Gasteiger partial charge in [-0.2, -0.15) is 0 Å². The van der Waals surface area contributed by atoms with Crippen LogP contribution in [0.2, 0.25) is 0 Å². The van der Waals surface area contributed by atoms with Crippen LogP contribution < -0.4 is 9.64 Å². The van der Waals surface area contributed by atoms with E-state index in [4.69, 9.17) is 17.0 Å². The zero-order valence-corrected chi connectivity index (χ0v) is 17.6. The zero-order valence-electron chi connectivity index (χ0n) is 14.4. The molecule has 134 valence electrons. The number of anilines is 1. The fraction of sp³-hybridized carbons (Fsp3) is 0.158. The summed E-state index contributed by atoms with van der Waals surface area (Å²) >= 11 is 9.96. The Morgan fingerprint density at radius 3 is 2.62 bits per heavy atom. The van der Waals surface area contributed by atoms with Crippen molar-refractivity contribution in [3.05, 3.63) is 56.4 Å². The first-order valence-corrected chi connectivity index (χ1v) is 9.75. The van der Waals surface area contributed by atoms with E-state index in [1.165, 1.54) is 18.9 Å². The van der Waals surface area contributed by atoms with E-state index in [1.54, 1.807) is 23.1 Å². The van der Waals surface area contributed by atoms with Crippen LogP contribution in [0.25, 0.3) is 6.08 Å². The Labute approximate surface area is 170 Å². The number of benzene rings is 2. The molecule has 0 spiro atoms. The van der Waals surface area contributed by atoms with Gasteiger partial charge in [0.05, 0.1) is 22.2 Å². The fourth-order valence-corrected chi connectivity index (χ4v) is 4.30. The van der Waals surface area contributed by atoms with E-state index in [2.05, 4.69) is 15.9 Å². The first kappa shape index (κ1) is 18.9. The molecule has 0 aliphatic carbocycles. The summed E-state index contributed by atoms with van der Waals surface area (Å²) in [5.41, 5.74) is 3.76. The van der Waals surface area contributed by atoms with Gasteiger partial charge in [0.1, 0.15) is 0 Å². The van der Waals surface area contributed by atoms with E-state index < -0.39 is 0 Å². The van der Waals surface area contributed by atoms with Gasteiger partial charge in [0.2, 0.25) is 0 Å². The molecule has 3 rings (SSSR count). The standard InChI is InChI=1S/C19H16BrNO3S2/c1-10-4-5-13(6-11(10)2)21-18(23)16(26-19(21)25)9-12-7-14(20)17(22)15(8-12)24-3/h4-9,22H,1-3H3/b16-9+. The molecule has 1 fully saturated rings. The number of hydrogen-bond acceptors (Lipinski definition) is 5. The topological polar surface area (TPSA) is 49.8 Å². The minimum Gasteiger partial charge on any atom is -0.503 e. The van der Waals surface area contributed by atoms with Crippen LogP contribution >= 0.6 is 39.9 Å². The lowest BCUT2D eigenvalue weighted by molar-refractivity contribution is -0.113. The summed E-state index contributed by atoms with van der Waals surface area (Å²) in [6.45, 7) is 4.03. The van der Waals surface area contributed by atoms with Crippen LogP contribution in [0.4, 0.5) is 5.69 Å². The minimum atomic E-state index is -0.161. The van der Waals surface area contributed by atoms with Crippen molar-refractivity contribution in [2.24, 2.45) is 0 Å². The molecule has 4 nitrogen and oxygen atoms in total. The Kier molecular flexibility index (Phi) is 5.41. The third kappa shape index (κ3) is 3.51. The predicted molar refractivity (Wildman–Crippen MR) is 114 cm³/mol. The molecule has 0 bridgehead atoms. The van der Waals surface area contributed by atoms with Crippen molar-refractivity contribution >= 4 is 61.9 Å². The van der Waals surface area contributed by atoms with E-state index in [1.807, 2.05) is 32.0 Å². The van der Waals surface area contributed by atoms with Crippen LogP contribution in [0.15, 0.2) is 39.7 Å². The maximum absolute atomic E-state index is 12.9. The zero-order chi connectivity index (χ0) is 19.0. The van der Waals surface area contributed by atoms with Crippen LogP contribution in [0, 0.1) is 13.8 Å². The van der Waals surface area contributed by atoms with Crippen LogP contribution in [0.3, 0.4) is 0 Å². The Morgan fingerprint density at radius 1 is 1.23 bits per heavy atom. The lowest BCUT2D eigenvalue weighted by atomic mass is 10.1. The van der Waals surface area contributed by atoms with Crippen LogP contribution in [-0.2, 0) is 4.79 Å². The number of halogens is 1. The van der Waals surface area contributed by atoms with Gasteiger partial charge >= 0.3 is 0 Å². The average molecular weight is 450 g/mol. The number of aryl methyl sites for hydroxylation is 2. The normalized spacial score (nSPS) is 15.8. The van der Waals surface area contributed by atoms with Gasteiger partial charge in [-0.1, -0.05) is 30.0 Å². The highest BCUT2D eigenvalue weighted by Gasteiger charge is 2.33. The summed E-state index contributed by atoms with van der Waals surface area (Å²) in [7, 11) is 1.48. The molecule has 0 aromatic heterocycles. The summed E-state index contributed by atoms with van der Waals surface area (Å²) in [5.74, 6) is 0.189. The number of aromatic hydroxyl groups is 1. The number of carbonyl (C=O) groups excluding carboxylic acids is 1. The number of thioether (sulfide) groups is 1. The lowest BCUT2D eigenvalue weighted by Crippen LogP contribution is -2.27. The molecule has 1 amide bonds. The van der Waals surface area contributed by atoms with Gasteiger partial charge in [0, 0.05) is 0 Å². The van der Waals surface area contributed by atoms with E-state index >= 15 is 0 Å². The van der Waals surface area contributed by atoms with Gasteiger partial charge in [-0.3, -0.25) is 9.69 Å². The average Bonchev–Trinajstić information content (AvgIpc) is 2.87. The van der Waals surface area contributed by atoms with E-state index in [9.17, 15) is 9.90 Å². The van der Waals surface area contributed by atoms with Crippen LogP contribution in [0.1, 0.15) is 16.7 Å². The summed E-state index contributed by atoms with van der Waals surface area (Å²) in [6, 6.07) is 9.23. The second-order valence-corrected chi connectivity index (χ2v) is 8.37. The molecule has 1 heterocycles. The molecule has 0 unspecified atom stereocenters. The van der Waals surface area contributed by atoms with Crippen LogP contribution in [-0.4, -0.2) is 22.4 Å². The Morgan fingerprint density at radius 2 is 1.96 bits per heavy atom. The fourth-order valence-electron chi connectivity index (χ4n) is 2.54. The summed E-state index contributed by atoms with van der Waals surface area (Å²) in [5, 5.41) is 9.92. The molecule has 2 aromatic carbocycles. The number of carbonyl (C=O) groups is 1. The van der Waals surface area contributed by atoms with Crippen molar-refractivity contribution in [2.75, 3.05) is 12.0 Å². The molecule has 0 atom stereocenters.